The molecule has 22 heavy (non-hydrogen) atoms. The molecule has 0 saturated carbocycles. The molecule has 1 aliphatic rings. The quantitative estimate of drug-likeness (QED) is 0.902. The minimum absolute atomic E-state index is 0.0568. The number of aryl methyl sites for hydroxylation is 1. The summed E-state index contributed by atoms with van der Waals surface area (Å²) >= 11 is 1.32. The number of nitrogens with one attached hydrogen (secondary N) is 1. The molecule has 0 radical (unpaired) electrons. The number of furan rings is 1. The highest BCUT2D eigenvalue weighted by Gasteiger charge is 2.30. The Morgan fingerprint density at radius 3 is 2.68 bits per heavy atom. The molecule has 2 rings (SSSR count). The fourth-order valence-corrected chi connectivity index (χ4v) is 3.27. The molecule has 0 unspecified atom stereocenters. The first-order valence-corrected chi connectivity index (χ1v) is 8.53. The molecule has 0 bridgehead atoms. The average Bonchev–Trinajstić information content (AvgIpc) is 3.01. The summed E-state index contributed by atoms with van der Waals surface area (Å²) in [4.78, 5) is 25.5. The van der Waals surface area contributed by atoms with Crippen LogP contribution in [0, 0.1) is 12.3 Å². The molecule has 0 aromatic carbocycles. The number of nitrogens with zero attached hydrogens (tertiary/aromatic N) is 1. The van der Waals surface area contributed by atoms with E-state index in [9.17, 15) is 9.59 Å². The van der Waals surface area contributed by atoms with E-state index in [0.29, 0.717) is 13.0 Å². The third-order valence-electron chi connectivity index (χ3n) is 3.67. The van der Waals surface area contributed by atoms with Gasteiger partial charge in [-0.25, -0.2) is 0 Å². The largest absolute Gasteiger partial charge is 0.464 e. The zero-order valence-electron chi connectivity index (χ0n) is 13.6. The van der Waals surface area contributed by atoms with Crippen molar-refractivity contribution in [2.45, 2.75) is 40.2 Å². The number of rotatable bonds is 5. The SMILES string of the molecule is Cc1ccc([C@H](NC(=O)CCN2CCSC2=O)C(C)(C)C)o1. The molecular formula is C16H24N2O3S. The fraction of sp³-hybridized carbons (Fsp3) is 0.625. The first-order valence-electron chi connectivity index (χ1n) is 7.55. The van der Waals surface area contributed by atoms with Crippen LogP contribution in [0.5, 0.6) is 0 Å². The van der Waals surface area contributed by atoms with Crippen molar-refractivity contribution in [3.63, 3.8) is 0 Å². The minimum Gasteiger partial charge on any atom is -0.464 e. The average molecular weight is 324 g/mol. The molecule has 1 aromatic heterocycles. The maximum absolute atomic E-state index is 12.2. The van der Waals surface area contributed by atoms with Crippen molar-refractivity contribution in [2.24, 2.45) is 5.41 Å². The zero-order chi connectivity index (χ0) is 16.3. The lowest BCUT2D eigenvalue weighted by Crippen LogP contribution is -2.38. The Kier molecular flexibility index (Phi) is 5.21. The van der Waals surface area contributed by atoms with Gasteiger partial charge in [0, 0.05) is 25.3 Å². The predicted octanol–water partition coefficient (Wildman–Crippen LogP) is 3.35. The van der Waals surface area contributed by atoms with Crippen LogP contribution in [-0.2, 0) is 4.79 Å². The molecule has 6 heteroatoms. The smallest absolute Gasteiger partial charge is 0.281 e. The van der Waals surface area contributed by atoms with Crippen molar-refractivity contribution in [3.8, 4) is 0 Å². The highest BCUT2D eigenvalue weighted by Crippen LogP contribution is 2.33. The van der Waals surface area contributed by atoms with E-state index in [-0.39, 0.29) is 22.6 Å². The number of hydrogen-bond donors (Lipinski definition) is 1. The fourth-order valence-electron chi connectivity index (χ4n) is 2.42. The van der Waals surface area contributed by atoms with Crippen LogP contribution in [0.4, 0.5) is 4.79 Å². The minimum atomic E-state index is -0.183. The van der Waals surface area contributed by atoms with Gasteiger partial charge in [-0.1, -0.05) is 32.5 Å². The molecule has 1 atom stereocenters. The summed E-state index contributed by atoms with van der Waals surface area (Å²) in [5.41, 5.74) is -0.154. The van der Waals surface area contributed by atoms with Crippen LogP contribution in [0.15, 0.2) is 16.5 Å². The molecule has 5 nitrogen and oxygen atoms in total. The molecule has 2 amide bonds. The topological polar surface area (TPSA) is 62.6 Å². The van der Waals surface area contributed by atoms with Crippen molar-refractivity contribution in [3.05, 3.63) is 23.7 Å². The van der Waals surface area contributed by atoms with Gasteiger partial charge in [-0.3, -0.25) is 9.59 Å². The number of hydrogen-bond acceptors (Lipinski definition) is 4. The van der Waals surface area contributed by atoms with Gasteiger partial charge in [0.2, 0.25) is 5.91 Å². The van der Waals surface area contributed by atoms with Crippen LogP contribution < -0.4 is 5.32 Å². The maximum Gasteiger partial charge on any atom is 0.281 e. The second kappa shape index (κ2) is 6.77. The van der Waals surface area contributed by atoms with E-state index in [1.165, 1.54) is 11.8 Å². The van der Waals surface area contributed by atoms with Crippen LogP contribution in [0.2, 0.25) is 0 Å². The third kappa shape index (κ3) is 4.29. The monoisotopic (exact) mass is 324 g/mol. The highest BCUT2D eigenvalue weighted by molar-refractivity contribution is 8.13. The number of thioether (sulfide) groups is 1. The van der Waals surface area contributed by atoms with Gasteiger partial charge in [0.15, 0.2) is 0 Å². The summed E-state index contributed by atoms with van der Waals surface area (Å²) in [6.45, 7) is 9.30. The van der Waals surface area contributed by atoms with Crippen molar-refractivity contribution < 1.29 is 14.0 Å². The molecule has 0 spiro atoms. The van der Waals surface area contributed by atoms with Crippen molar-refractivity contribution in [1.82, 2.24) is 10.2 Å². The first kappa shape index (κ1) is 16.9. The molecule has 1 N–H and O–H groups in total. The van der Waals surface area contributed by atoms with Gasteiger partial charge in [0.25, 0.3) is 5.24 Å². The Morgan fingerprint density at radius 1 is 1.45 bits per heavy atom. The Morgan fingerprint density at radius 2 is 2.18 bits per heavy atom. The van der Waals surface area contributed by atoms with Gasteiger partial charge >= 0.3 is 0 Å². The molecule has 2 heterocycles. The van der Waals surface area contributed by atoms with E-state index in [1.54, 1.807) is 4.90 Å². The summed E-state index contributed by atoms with van der Waals surface area (Å²) in [6.07, 6.45) is 0.318. The van der Waals surface area contributed by atoms with E-state index in [0.717, 1.165) is 23.8 Å². The predicted molar refractivity (Wildman–Crippen MR) is 87.8 cm³/mol. The van der Waals surface area contributed by atoms with E-state index < -0.39 is 0 Å². The zero-order valence-corrected chi connectivity index (χ0v) is 14.5. The van der Waals surface area contributed by atoms with E-state index in [2.05, 4.69) is 26.1 Å². The number of amides is 2. The van der Waals surface area contributed by atoms with Crippen LogP contribution in [0.25, 0.3) is 0 Å². The Balaban J connectivity index is 1.95. The summed E-state index contributed by atoms with van der Waals surface area (Å²) < 4.78 is 5.69. The lowest BCUT2D eigenvalue weighted by molar-refractivity contribution is -0.123. The van der Waals surface area contributed by atoms with Crippen LogP contribution in [0.1, 0.15) is 44.8 Å². The Labute approximate surface area is 135 Å². The van der Waals surface area contributed by atoms with Gasteiger partial charge in [-0.2, -0.15) is 0 Å². The number of carbonyl (C=O) groups excluding carboxylic acids is 2. The van der Waals surface area contributed by atoms with Crippen LogP contribution >= 0.6 is 11.8 Å². The standard InChI is InChI=1S/C16H24N2O3S/c1-11-5-6-12(21-11)14(16(2,3)4)17-13(19)7-8-18-9-10-22-15(18)20/h5-6,14H,7-10H2,1-4H3,(H,17,19)/t14-/m0/s1. The van der Waals surface area contributed by atoms with E-state index in [4.69, 9.17) is 4.42 Å². The lowest BCUT2D eigenvalue weighted by Gasteiger charge is -2.30. The van der Waals surface area contributed by atoms with Crippen LogP contribution in [-0.4, -0.2) is 34.9 Å². The van der Waals surface area contributed by atoms with Gasteiger partial charge in [-0.05, 0) is 24.5 Å². The second-order valence-electron chi connectivity index (χ2n) is 6.67. The lowest BCUT2D eigenvalue weighted by atomic mass is 9.85. The normalized spacial score (nSPS) is 16.9. The van der Waals surface area contributed by atoms with Crippen molar-refractivity contribution >= 4 is 22.9 Å². The van der Waals surface area contributed by atoms with Gasteiger partial charge in [0.05, 0.1) is 6.04 Å². The van der Waals surface area contributed by atoms with Crippen LogP contribution in [0.3, 0.4) is 0 Å². The third-order valence-corrected chi connectivity index (χ3v) is 4.56. The van der Waals surface area contributed by atoms with Gasteiger partial charge in [-0.15, -0.1) is 0 Å². The van der Waals surface area contributed by atoms with E-state index in [1.807, 2.05) is 19.1 Å². The Bertz CT molecular complexity index is 548. The molecule has 1 saturated heterocycles. The summed E-state index contributed by atoms with van der Waals surface area (Å²) in [5.74, 6) is 2.36. The summed E-state index contributed by atoms with van der Waals surface area (Å²) in [5, 5.41) is 3.12. The number of carbonyl (C=O) groups is 2. The molecule has 1 aliphatic heterocycles. The summed E-state index contributed by atoms with van der Waals surface area (Å²) in [7, 11) is 0. The maximum atomic E-state index is 12.2. The Hall–Kier alpha value is -1.43. The van der Waals surface area contributed by atoms with Crippen molar-refractivity contribution in [2.75, 3.05) is 18.8 Å². The first-order chi connectivity index (χ1) is 10.3. The molecular weight excluding hydrogens is 300 g/mol. The van der Waals surface area contributed by atoms with Gasteiger partial charge in [0.1, 0.15) is 11.5 Å². The van der Waals surface area contributed by atoms with E-state index >= 15 is 0 Å². The highest BCUT2D eigenvalue weighted by atomic mass is 32.2. The molecule has 0 aliphatic carbocycles. The second-order valence-corrected chi connectivity index (χ2v) is 7.71. The molecule has 122 valence electrons. The molecule has 1 aromatic rings. The summed E-state index contributed by atoms with van der Waals surface area (Å²) in [6, 6.07) is 3.63. The molecule has 1 fully saturated rings. The van der Waals surface area contributed by atoms with Gasteiger partial charge < -0.3 is 14.6 Å². The van der Waals surface area contributed by atoms with Crippen molar-refractivity contribution in [1.29, 1.82) is 0 Å².